The summed E-state index contributed by atoms with van der Waals surface area (Å²) in [5.41, 5.74) is 3.30. The first-order valence-electron chi connectivity index (χ1n) is 8.69. The molecule has 9 heteroatoms. The predicted molar refractivity (Wildman–Crippen MR) is 99.8 cm³/mol. The van der Waals surface area contributed by atoms with E-state index in [-0.39, 0.29) is 5.82 Å². The predicted octanol–water partition coefficient (Wildman–Crippen LogP) is 2.84. The molecule has 4 rings (SSSR count). The number of hydrogen-bond acceptors (Lipinski definition) is 6. The smallest absolute Gasteiger partial charge is 0.341 e. The van der Waals surface area contributed by atoms with E-state index >= 15 is 0 Å². The molecule has 8 nitrogen and oxygen atoms in total. The van der Waals surface area contributed by atoms with Crippen molar-refractivity contribution in [1.29, 1.82) is 0 Å². The number of nitrogens with one attached hydrogen (secondary N) is 1. The van der Waals surface area contributed by atoms with E-state index < -0.39 is 5.97 Å². The Balaban J connectivity index is 1.49. The van der Waals surface area contributed by atoms with E-state index in [1.807, 2.05) is 12.1 Å². The summed E-state index contributed by atoms with van der Waals surface area (Å²) in [5.74, 6) is -0.708. The molecule has 0 aliphatic carbocycles. The largest absolute Gasteiger partial charge is 0.462 e. The minimum Gasteiger partial charge on any atom is -0.462 e. The van der Waals surface area contributed by atoms with Crippen LogP contribution in [0, 0.1) is 5.82 Å². The van der Waals surface area contributed by atoms with Gasteiger partial charge in [-0.25, -0.2) is 18.4 Å². The fraction of sp³-hybridized carbons (Fsp3) is 0.158. The molecule has 1 aromatic carbocycles. The standard InChI is InChI=1S/C19H17FN6O2/c1-2-28-19(27)17-11-22-25-8-7-14(9-18(17)25)21-10-15-12-26(24-23-15)16-5-3-13(20)4-6-16/h3-9,11-12,21H,2,10H2,1H3. The highest BCUT2D eigenvalue weighted by atomic mass is 19.1. The van der Waals surface area contributed by atoms with Crippen LogP contribution in [-0.2, 0) is 11.3 Å². The van der Waals surface area contributed by atoms with Crippen molar-refractivity contribution in [3.8, 4) is 5.69 Å². The quantitative estimate of drug-likeness (QED) is 0.518. The van der Waals surface area contributed by atoms with Gasteiger partial charge in [-0.05, 0) is 43.3 Å². The molecule has 4 aromatic rings. The fourth-order valence-electron chi connectivity index (χ4n) is 2.75. The van der Waals surface area contributed by atoms with E-state index in [1.165, 1.54) is 18.3 Å². The number of anilines is 1. The zero-order valence-electron chi connectivity index (χ0n) is 15.0. The van der Waals surface area contributed by atoms with Crippen molar-refractivity contribution < 1.29 is 13.9 Å². The number of aromatic nitrogens is 5. The molecule has 0 atom stereocenters. The van der Waals surface area contributed by atoms with Crippen LogP contribution in [0.1, 0.15) is 23.0 Å². The Hall–Kier alpha value is -3.75. The molecule has 0 amide bonds. The highest BCUT2D eigenvalue weighted by Crippen LogP contribution is 2.18. The number of fused-ring (bicyclic) bond motifs is 1. The molecule has 3 heterocycles. The van der Waals surface area contributed by atoms with E-state index in [0.717, 1.165) is 11.4 Å². The Labute approximate surface area is 159 Å². The Bertz CT molecular complexity index is 1120. The SMILES string of the molecule is CCOC(=O)c1cnn2ccc(NCc3cn(-c4ccc(F)cc4)nn3)cc12. The minimum atomic E-state index is -0.406. The van der Waals surface area contributed by atoms with E-state index in [9.17, 15) is 9.18 Å². The van der Waals surface area contributed by atoms with Crippen molar-refractivity contribution >= 4 is 17.2 Å². The summed E-state index contributed by atoms with van der Waals surface area (Å²) in [4.78, 5) is 12.0. The molecule has 142 valence electrons. The summed E-state index contributed by atoms with van der Waals surface area (Å²) < 4.78 is 21.3. The van der Waals surface area contributed by atoms with Crippen molar-refractivity contribution in [1.82, 2.24) is 24.6 Å². The maximum atomic E-state index is 13.0. The van der Waals surface area contributed by atoms with Gasteiger partial charge in [-0.3, -0.25) is 0 Å². The maximum Gasteiger partial charge on any atom is 0.341 e. The van der Waals surface area contributed by atoms with Crippen LogP contribution >= 0.6 is 0 Å². The van der Waals surface area contributed by atoms with Crippen molar-refractivity contribution in [3.05, 3.63) is 72.1 Å². The van der Waals surface area contributed by atoms with Crippen LogP contribution in [0.3, 0.4) is 0 Å². The van der Waals surface area contributed by atoms with Gasteiger partial charge in [-0.15, -0.1) is 5.10 Å². The van der Waals surface area contributed by atoms with Gasteiger partial charge in [0.25, 0.3) is 0 Å². The second kappa shape index (κ2) is 7.47. The molecule has 0 radical (unpaired) electrons. The van der Waals surface area contributed by atoms with E-state index in [4.69, 9.17) is 4.74 Å². The zero-order chi connectivity index (χ0) is 19.5. The number of carbonyl (C=O) groups excluding carboxylic acids is 1. The van der Waals surface area contributed by atoms with Crippen molar-refractivity contribution in [2.24, 2.45) is 0 Å². The lowest BCUT2D eigenvalue weighted by Crippen LogP contribution is -2.05. The van der Waals surface area contributed by atoms with Crippen LogP contribution in [-0.4, -0.2) is 37.2 Å². The monoisotopic (exact) mass is 380 g/mol. The molecule has 0 aliphatic heterocycles. The lowest BCUT2D eigenvalue weighted by molar-refractivity contribution is 0.0528. The minimum absolute atomic E-state index is 0.303. The van der Waals surface area contributed by atoms with Gasteiger partial charge in [0.2, 0.25) is 0 Å². The summed E-state index contributed by atoms with van der Waals surface area (Å²) in [6.45, 7) is 2.49. The molecule has 0 spiro atoms. The Kier molecular flexibility index (Phi) is 4.71. The van der Waals surface area contributed by atoms with Gasteiger partial charge in [0.05, 0.1) is 36.7 Å². The third-order valence-electron chi connectivity index (χ3n) is 4.12. The van der Waals surface area contributed by atoms with Crippen LogP contribution in [0.2, 0.25) is 0 Å². The number of hydrogen-bond donors (Lipinski definition) is 1. The number of halogens is 1. The summed E-state index contributed by atoms with van der Waals surface area (Å²) in [5, 5.41) is 15.6. The summed E-state index contributed by atoms with van der Waals surface area (Å²) >= 11 is 0. The average Bonchev–Trinajstić information content (AvgIpc) is 3.34. The van der Waals surface area contributed by atoms with E-state index in [0.29, 0.717) is 29.9 Å². The molecule has 0 unspecified atom stereocenters. The molecular weight excluding hydrogens is 363 g/mol. The first kappa shape index (κ1) is 17.7. The molecule has 0 saturated carbocycles. The van der Waals surface area contributed by atoms with Gasteiger partial charge in [0, 0.05) is 11.9 Å². The normalized spacial score (nSPS) is 10.9. The van der Waals surface area contributed by atoms with E-state index in [1.54, 1.807) is 40.6 Å². The second-order valence-corrected chi connectivity index (χ2v) is 6.01. The van der Waals surface area contributed by atoms with Gasteiger partial charge in [-0.1, -0.05) is 5.21 Å². The number of esters is 1. The molecule has 1 N–H and O–H groups in total. The van der Waals surface area contributed by atoms with Crippen LogP contribution in [0.25, 0.3) is 11.2 Å². The first-order valence-corrected chi connectivity index (χ1v) is 8.69. The van der Waals surface area contributed by atoms with Gasteiger partial charge in [-0.2, -0.15) is 5.10 Å². The topological polar surface area (TPSA) is 86.3 Å². The lowest BCUT2D eigenvalue weighted by atomic mass is 10.2. The number of pyridine rings is 1. The fourth-order valence-corrected chi connectivity index (χ4v) is 2.75. The molecule has 0 saturated heterocycles. The molecule has 0 fully saturated rings. The van der Waals surface area contributed by atoms with Crippen LogP contribution < -0.4 is 5.32 Å². The third-order valence-corrected chi connectivity index (χ3v) is 4.12. The Morgan fingerprint density at radius 1 is 1.25 bits per heavy atom. The molecule has 3 aromatic heterocycles. The van der Waals surface area contributed by atoms with Crippen LogP contribution in [0.4, 0.5) is 10.1 Å². The third kappa shape index (κ3) is 3.54. The highest BCUT2D eigenvalue weighted by molar-refractivity contribution is 5.97. The molecule has 0 aliphatic rings. The van der Waals surface area contributed by atoms with Crippen molar-refractivity contribution in [3.63, 3.8) is 0 Å². The number of ether oxygens (including phenoxy) is 1. The Morgan fingerprint density at radius 2 is 2.07 bits per heavy atom. The molecule has 0 bridgehead atoms. The molecule has 28 heavy (non-hydrogen) atoms. The Morgan fingerprint density at radius 3 is 2.86 bits per heavy atom. The number of nitrogens with zero attached hydrogens (tertiary/aromatic N) is 5. The summed E-state index contributed by atoms with van der Waals surface area (Å²) in [6, 6.07) is 9.67. The second-order valence-electron chi connectivity index (χ2n) is 6.01. The molecular formula is C19H17FN6O2. The summed E-state index contributed by atoms with van der Waals surface area (Å²) in [7, 11) is 0. The van der Waals surface area contributed by atoms with Crippen LogP contribution in [0.15, 0.2) is 55.0 Å². The number of carbonyl (C=O) groups is 1. The zero-order valence-corrected chi connectivity index (χ0v) is 15.0. The lowest BCUT2D eigenvalue weighted by Gasteiger charge is -2.05. The van der Waals surface area contributed by atoms with Crippen molar-refractivity contribution in [2.75, 3.05) is 11.9 Å². The highest BCUT2D eigenvalue weighted by Gasteiger charge is 2.14. The van der Waals surface area contributed by atoms with E-state index in [2.05, 4.69) is 20.7 Å². The van der Waals surface area contributed by atoms with Crippen molar-refractivity contribution in [2.45, 2.75) is 13.5 Å². The van der Waals surface area contributed by atoms with Gasteiger partial charge in [0.1, 0.15) is 17.1 Å². The average molecular weight is 380 g/mol. The van der Waals surface area contributed by atoms with Crippen LogP contribution in [0.5, 0.6) is 0 Å². The van der Waals surface area contributed by atoms with Gasteiger partial charge >= 0.3 is 5.97 Å². The van der Waals surface area contributed by atoms with Gasteiger partial charge < -0.3 is 10.1 Å². The first-order chi connectivity index (χ1) is 13.6. The number of benzene rings is 1. The summed E-state index contributed by atoms with van der Waals surface area (Å²) in [6.07, 6.45) is 5.02. The van der Waals surface area contributed by atoms with Gasteiger partial charge in [0.15, 0.2) is 0 Å². The number of rotatable bonds is 6. The maximum absolute atomic E-state index is 13.0.